The van der Waals surface area contributed by atoms with Crippen LogP contribution in [0.25, 0.3) is 0 Å². The van der Waals surface area contributed by atoms with E-state index < -0.39 is 10.2 Å². The maximum atomic E-state index is 11.6. The van der Waals surface area contributed by atoms with Gasteiger partial charge in [-0.1, -0.05) is 5.16 Å². The van der Waals surface area contributed by atoms with Crippen molar-refractivity contribution in [1.29, 1.82) is 0 Å². The first kappa shape index (κ1) is 13.3. The summed E-state index contributed by atoms with van der Waals surface area (Å²) in [6, 6.07) is -0.261. The lowest BCUT2D eigenvalue weighted by Crippen LogP contribution is -2.35. The van der Waals surface area contributed by atoms with Crippen LogP contribution in [-0.4, -0.2) is 35.7 Å². The molecule has 0 unspecified atom stereocenters. The minimum absolute atomic E-state index is 0.0217. The number of H-pyrrole nitrogens is 1. The average Bonchev–Trinajstić information content (AvgIpc) is 2.61. The number of nitrogens with one attached hydrogen (secondary N) is 3. The maximum absolute atomic E-state index is 11.6. The van der Waals surface area contributed by atoms with Crippen molar-refractivity contribution in [2.45, 2.75) is 19.9 Å². The van der Waals surface area contributed by atoms with Gasteiger partial charge in [0, 0.05) is 6.04 Å². The Hall–Kier alpha value is -1.81. The largest absolute Gasteiger partial charge is 0.409 e. The van der Waals surface area contributed by atoms with Gasteiger partial charge < -0.3 is 10.9 Å². The summed E-state index contributed by atoms with van der Waals surface area (Å²) >= 11 is 0. The predicted molar refractivity (Wildman–Crippen MR) is 61.9 cm³/mol. The number of hydrogen-bond donors (Lipinski definition) is 5. The van der Waals surface area contributed by atoms with Crippen LogP contribution in [0.15, 0.2) is 11.4 Å². The van der Waals surface area contributed by atoms with Gasteiger partial charge in [0.15, 0.2) is 5.84 Å². The Morgan fingerprint density at radius 1 is 1.65 bits per heavy atom. The van der Waals surface area contributed by atoms with Gasteiger partial charge in [0.25, 0.3) is 0 Å². The molecule has 9 nitrogen and oxygen atoms in total. The first-order chi connectivity index (χ1) is 7.85. The molecular weight excluding hydrogens is 248 g/mol. The minimum atomic E-state index is -3.73. The van der Waals surface area contributed by atoms with E-state index in [-0.39, 0.29) is 23.3 Å². The quantitative estimate of drug-likeness (QED) is 0.203. The summed E-state index contributed by atoms with van der Waals surface area (Å²) in [6.07, 6.45) is 1.24. The van der Waals surface area contributed by atoms with Crippen molar-refractivity contribution < 1.29 is 13.6 Å². The highest BCUT2D eigenvalue weighted by atomic mass is 32.2. The molecule has 96 valence electrons. The van der Waals surface area contributed by atoms with E-state index in [9.17, 15) is 8.42 Å². The van der Waals surface area contributed by atoms with Crippen LogP contribution >= 0.6 is 0 Å². The van der Waals surface area contributed by atoms with Gasteiger partial charge in [-0.2, -0.15) is 18.2 Å². The molecule has 0 aliphatic carbocycles. The van der Waals surface area contributed by atoms with Crippen molar-refractivity contribution in [3.8, 4) is 0 Å². The average molecular weight is 262 g/mol. The molecule has 0 aromatic carbocycles. The Bertz CT molecular complexity index is 505. The maximum Gasteiger partial charge on any atom is 0.300 e. The zero-order chi connectivity index (χ0) is 13.1. The fraction of sp³-hybridized carbons (Fsp3) is 0.429. The number of aromatic nitrogens is 2. The summed E-state index contributed by atoms with van der Waals surface area (Å²) in [5.41, 5.74) is 5.50. The molecule has 17 heavy (non-hydrogen) atoms. The molecule has 1 aromatic rings. The highest BCUT2D eigenvalue weighted by Gasteiger charge is 2.17. The zero-order valence-corrected chi connectivity index (χ0v) is 10.1. The van der Waals surface area contributed by atoms with Crippen LogP contribution in [0.5, 0.6) is 0 Å². The molecule has 10 heteroatoms. The molecule has 0 fully saturated rings. The van der Waals surface area contributed by atoms with Gasteiger partial charge in [-0.25, -0.2) is 0 Å². The van der Waals surface area contributed by atoms with Crippen molar-refractivity contribution in [1.82, 2.24) is 14.9 Å². The van der Waals surface area contributed by atoms with E-state index >= 15 is 0 Å². The van der Waals surface area contributed by atoms with Crippen molar-refractivity contribution in [3.63, 3.8) is 0 Å². The number of anilines is 1. The van der Waals surface area contributed by atoms with Crippen LogP contribution in [0.1, 0.15) is 19.4 Å². The molecule has 1 rings (SSSR count). The highest BCUT2D eigenvalue weighted by Crippen LogP contribution is 2.11. The van der Waals surface area contributed by atoms with E-state index in [4.69, 9.17) is 10.9 Å². The Morgan fingerprint density at radius 2 is 2.29 bits per heavy atom. The summed E-state index contributed by atoms with van der Waals surface area (Å²) in [4.78, 5) is 0. The molecule has 0 radical (unpaired) electrons. The summed E-state index contributed by atoms with van der Waals surface area (Å²) in [5.74, 6) is -0.227. The predicted octanol–water partition coefficient (Wildman–Crippen LogP) is -0.841. The monoisotopic (exact) mass is 262 g/mol. The smallest absolute Gasteiger partial charge is 0.300 e. The third-order valence-electron chi connectivity index (χ3n) is 1.65. The van der Waals surface area contributed by atoms with Crippen molar-refractivity contribution in [3.05, 3.63) is 11.8 Å². The van der Waals surface area contributed by atoms with Crippen LogP contribution in [-0.2, 0) is 10.2 Å². The number of nitrogens with two attached hydrogens (primary N) is 1. The van der Waals surface area contributed by atoms with Crippen molar-refractivity contribution in [2.75, 3.05) is 4.72 Å². The molecule has 0 saturated carbocycles. The zero-order valence-electron chi connectivity index (χ0n) is 9.30. The Kier molecular flexibility index (Phi) is 3.91. The summed E-state index contributed by atoms with van der Waals surface area (Å²) in [7, 11) is -3.73. The first-order valence-electron chi connectivity index (χ1n) is 4.67. The molecule has 0 saturated heterocycles. The number of hydrogen-bond acceptors (Lipinski definition) is 5. The number of oxime groups is 1. The molecule has 0 atom stereocenters. The summed E-state index contributed by atoms with van der Waals surface area (Å²) < 4.78 is 27.6. The van der Waals surface area contributed by atoms with Gasteiger partial charge in [-0.05, 0) is 13.8 Å². The van der Waals surface area contributed by atoms with Crippen LogP contribution in [0, 0.1) is 0 Å². The highest BCUT2D eigenvalue weighted by molar-refractivity contribution is 7.90. The number of nitrogens with zero attached hydrogens (tertiary/aromatic N) is 2. The lowest BCUT2D eigenvalue weighted by molar-refractivity contribution is 0.318. The SMILES string of the molecule is CC(C)NS(=O)(=O)Nc1[nH]ncc1C(N)=NO. The molecular formula is C7H14N6O3S. The fourth-order valence-corrected chi connectivity index (χ4v) is 2.19. The molecule has 0 spiro atoms. The Balaban J connectivity index is 2.93. The number of rotatable bonds is 5. The van der Waals surface area contributed by atoms with Crippen molar-refractivity contribution >= 4 is 21.9 Å². The van der Waals surface area contributed by atoms with Gasteiger partial charge in [-0.3, -0.25) is 9.82 Å². The van der Waals surface area contributed by atoms with Gasteiger partial charge >= 0.3 is 10.2 Å². The lowest BCUT2D eigenvalue weighted by Gasteiger charge is -2.11. The third-order valence-corrected chi connectivity index (χ3v) is 2.90. The van der Waals surface area contributed by atoms with E-state index in [0.717, 1.165) is 0 Å². The molecule has 0 amide bonds. The van der Waals surface area contributed by atoms with Gasteiger partial charge in [0.1, 0.15) is 5.82 Å². The molecule has 6 N–H and O–H groups in total. The minimum Gasteiger partial charge on any atom is -0.409 e. The second kappa shape index (κ2) is 5.01. The van der Waals surface area contributed by atoms with E-state index in [0.29, 0.717) is 0 Å². The standard InChI is InChI=1S/C7H14N6O3S/c1-4(2)12-17(15,16)13-7-5(3-9-10-7)6(8)11-14/h3-4,12,14H,1-2H3,(H2,8,11)(H2,9,10,13). The third kappa shape index (κ3) is 3.60. The van der Waals surface area contributed by atoms with Crippen LogP contribution in [0.4, 0.5) is 5.82 Å². The van der Waals surface area contributed by atoms with E-state index in [2.05, 4.69) is 24.8 Å². The van der Waals surface area contributed by atoms with E-state index in [1.807, 2.05) is 0 Å². The fourth-order valence-electron chi connectivity index (χ4n) is 1.09. The molecule has 0 aliphatic heterocycles. The normalized spacial score (nSPS) is 13.0. The van der Waals surface area contributed by atoms with Gasteiger partial charge in [0.2, 0.25) is 0 Å². The Morgan fingerprint density at radius 3 is 2.82 bits per heavy atom. The van der Waals surface area contributed by atoms with Gasteiger partial charge in [-0.15, -0.1) is 0 Å². The molecule has 1 heterocycles. The summed E-state index contributed by atoms with van der Waals surface area (Å²) in [6.45, 7) is 3.35. The van der Waals surface area contributed by atoms with Gasteiger partial charge in [0.05, 0.1) is 11.8 Å². The summed E-state index contributed by atoms with van der Waals surface area (Å²) in [5, 5.41) is 17.3. The second-order valence-corrected chi connectivity index (χ2v) is 4.97. The lowest BCUT2D eigenvalue weighted by atomic mass is 10.3. The van der Waals surface area contributed by atoms with Crippen LogP contribution < -0.4 is 15.2 Å². The van der Waals surface area contributed by atoms with E-state index in [1.165, 1.54) is 6.20 Å². The van der Waals surface area contributed by atoms with Crippen LogP contribution in [0.2, 0.25) is 0 Å². The van der Waals surface area contributed by atoms with Crippen molar-refractivity contribution in [2.24, 2.45) is 10.9 Å². The second-order valence-electron chi connectivity index (χ2n) is 3.52. The Labute approximate surface area is 98.3 Å². The first-order valence-corrected chi connectivity index (χ1v) is 6.15. The molecule has 0 bridgehead atoms. The van der Waals surface area contributed by atoms with Crippen LogP contribution in [0.3, 0.4) is 0 Å². The number of amidine groups is 1. The molecule has 1 aromatic heterocycles. The van der Waals surface area contributed by atoms with E-state index in [1.54, 1.807) is 13.8 Å². The number of aromatic amines is 1. The molecule has 0 aliphatic rings. The topological polar surface area (TPSA) is 145 Å².